The van der Waals surface area contributed by atoms with Crippen molar-refractivity contribution >= 4 is 23.9 Å². The Balaban J connectivity index is 6.28. The fourth-order valence-electron chi connectivity index (χ4n) is 2.87. The zero-order chi connectivity index (χ0) is 34.6. The Bertz CT molecular complexity index is 1010. The second-order valence-corrected chi connectivity index (χ2v) is 9.52. The lowest BCUT2D eigenvalue weighted by Gasteiger charge is -2.47. The third-order valence-electron chi connectivity index (χ3n) is 5.42. The molecule has 0 aromatic heterocycles. The maximum atomic E-state index is 11.8. The van der Waals surface area contributed by atoms with Gasteiger partial charge in [-0.2, -0.15) is 4.89 Å². The van der Waals surface area contributed by atoms with Crippen LogP contribution in [0.4, 0.5) is 0 Å². The molecule has 0 aromatic rings. The van der Waals surface area contributed by atoms with E-state index in [1.165, 1.54) is 27.7 Å². The van der Waals surface area contributed by atoms with Gasteiger partial charge in [-0.3, -0.25) is 0 Å². The molecule has 45 heavy (non-hydrogen) atoms. The number of carbonyl (C=O) groups excluding carboxylic acids is 4. The average Bonchev–Trinajstić information content (AvgIpc) is 2.99. The van der Waals surface area contributed by atoms with Crippen LogP contribution in [-0.4, -0.2) is 118 Å². The molecule has 0 fully saturated rings. The number of ether oxygens (including phenoxy) is 7. The summed E-state index contributed by atoms with van der Waals surface area (Å²) >= 11 is 0. The van der Waals surface area contributed by atoms with E-state index in [4.69, 9.17) is 42.9 Å². The Morgan fingerprint density at radius 2 is 0.911 bits per heavy atom. The third kappa shape index (κ3) is 14.0. The van der Waals surface area contributed by atoms with Crippen molar-refractivity contribution in [2.75, 3.05) is 66.1 Å². The number of hydrogen-bond donors (Lipinski definition) is 3. The van der Waals surface area contributed by atoms with Crippen molar-refractivity contribution in [2.45, 2.75) is 40.0 Å². The molecule has 256 valence electrons. The summed E-state index contributed by atoms with van der Waals surface area (Å²) in [5, 5.41) is 32.1. The summed E-state index contributed by atoms with van der Waals surface area (Å²) in [7, 11) is 0. The van der Waals surface area contributed by atoms with Crippen molar-refractivity contribution in [3.8, 4) is 0 Å². The van der Waals surface area contributed by atoms with Gasteiger partial charge in [0.15, 0.2) is 11.7 Å². The van der Waals surface area contributed by atoms with Gasteiger partial charge >= 0.3 is 29.9 Å². The minimum absolute atomic E-state index is 0.0805. The molecule has 0 heterocycles. The highest BCUT2D eigenvalue weighted by Crippen LogP contribution is 2.41. The molecule has 16 nitrogen and oxygen atoms in total. The normalized spacial score (nSPS) is 12.1. The molecular formula is C29H44O16. The van der Waals surface area contributed by atoms with Gasteiger partial charge in [0.05, 0.1) is 33.0 Å². The maximum Gasteiger partial charge on any atom is 0.333 e. The van der Waals surface area contributed by atoms with Crippen molar-refractivity contribution < 1.29 is 77.4 Å². The monoisotopic (exact) mass is 648 g/mol. The lowest BCUT2D eigenvalue weighted by molar-refractivity contribution is -0.555. The van der Waals surface area contributed by atoms with E-state index in [1.807, 2.05) is 0 Å². The molecule has 1 unspecified atom stereocenters. The molecule has 0 bridgehead atoms. The fraction of sp³-hybridized carbons (Fsp3) is 0.586. The predicted octanol–water partition coefficient (Wildman–Crippen LogP) is 0.405. The average molecular weight is 649 g/mol. The van der Waals surface area contributed by atoms with Crippen molar-refractivity contribution in [1.29, 1.82) is 0 Å². The van der Waals surface area contributed by atoms with Crippen LogP contribution in [0.5, 0.6) is 0 Å². The minimum Gasteiger partial charge on any atom is -0.460 e. The second kappa shape index (κ2) is 21.3. The molecule has 0 aliphatic heterocycles. The molecule has 0 aromatic carbocycles. The smallest absolute Gasteiger partial charge is 0.333 e. The lowest BCUT2D eigenvalue weighted by atomic mass is 9.85. The lowest BCUT2D eigenvalue weighted by Crippen LogP contribution is -2.65. The van der Waals surface area contributed by atoms with Crippen molar-refractivity contribution in [3.63, 3.8) is 0 Å². The van der Waals surface area contributed by atoms with Crippen molar-refractivity contribution in [3.05, 3.63) is 48.6 Å². The summed E-state index contributed by atoms with van der Waals surface area (Å²) in [5.41, 5.74) is -2.08. The first-order valence-electron chi connectivity index (χ1n) is 13.5. The third-order valence-corrected chi connectivity index (χ3v) is 5.42. The first-order chi connectivity index (χ1) is 21.1. The van der Waals surface area contributed by atoms with Crippen LogP contribution in [0, 0.1) is 5.41 Å². The predicted molar refractivity (Wildman–Crippen MR) is 153 cm³/mol. The Kier molecular flexibility index (Phi) is 19.6. The van der Waals surface area contributed by atoms with E-state index < -0.39 is 94.4 Å². The SMILES string of the molecule is C=C(C)C(=O)OCCOOC(OCCOC(=O)C(=C)C)(OCCOC(=O)C(=C)C)C(CO)(CO)C(O)OCCOC(=O)C(=C)C. The molecular weight excluding hydrogens is 604 g/mol. The van der Waals surface area contributed by atoms with Crippen LogP contribution in [0.3, 0.4) is 0 Å². The summed E-state index contributed by atoms with van der Waals surface area (Å²) in [6.07, 6.45) is -2.18. The summed E-state index contributed by atoms with van der Waals surface area (Å²) in [6, 6.07) is 0. The highest BCUT2D eigenvalue weighted by molar-refractivity contribution is 5.88. The number of carbonyl (C=O) groups is 4. The summed E-state index contributed by atoms with van der Waals surface area (Å²) in [5.74, 6) is -5.80. The zero-order valence-electron chi connectivity index (χ0n) is 26.1. The standard InChI is InChI=1S/C29H44O16/c1-19(2)23(32)37-9-10-41-27(36)28(17-30,18-31)29(42-14-11-38-24(33)20(3)4,43-15-12-39-25(34)21(5)6)45-44-16-13-40-26(35)22(7)8/h27,30-31,36H,1,3,5,7,9-18H2,2,4,6,8H3. The van der Waals surface area contributed by atoms with E-state index in [1.54, 1.807) is 0 Å². The van der Waals surface area contributed by atoms with Crippen LogP contribution in [0.1, 0.15) is 27.7 Å². The van der Waals surface area contributed by atoms with Crippen LogP contribution in [0.2, 0.25) is 0 Å². The summed E-state index contributed by atoms with van der Waals surface area (Å²) in [6.45, 7) is 13.5. The van der Waals surface area contributed by atoms with Crippen molar-refractivity contribution in [2.24, 2.45) is 5.41 Å². The van der Waals surface area contributed by atoms with Gasteiger partial charge in [-0.1, -0.05) is 26.3 Å². The summed E-state index contributed by atoms with van der Waals surface area (Å²) in [4.78, 5) is 57.6. The molecule has 0 saturated heterocycles. The molecule has 1 atom stereocenters. The van der Waals surface area contributed by atoms with Gasteiger partial charge < -0.3 is 48.5 Å². The number of aliphatic hydroxyl groups excluding tert-OH is 3. The zero-order valence-corrected chi connectivity index (χ0v) is 26.1. The number of aliphatic hydroxyl groups is 3. The van der Waals surface area contributed by atoms with E-state index >= 15 is 0 Å². The van der Waals surface area contributed by atoms with E-state index in [-0.39, 0.29) is 35.5 Å². The van der Waals surface area contributed by atoms with Gasteiger partial charge in [-0.15, -0.1) is 0 Å². The minimum atomic E-state index is -2.80. The molecule has 0 rings (SSSR count). The molecule has 0 spiro atoms. The molecule has 3 N–H and O–H groups in total. The topological polar surface area (TPSA) is 212 Å². The summed E-state index contributed by atoms with van der Waals surface area (Å²) < 4.78 is 36.6. The van der Waals surface area contributed by atoms with Gasteiger partial charge in [0, 0.05) is 22.3 Å². The first kappa shape index (κ1) is 41.5. The number of rotatable bonds is 25. The molecule has 16 heteroatoms. The Labute approximate surface area is 261 Å². The van der Waals surface area contributed by atoms with Gasteiger partial charge in [-0.05, 0) is 27.7 Å². The van der Waals surface area contributed by atoms with Crippen LogP contribution in [-0.2, 0) is 62.1 Å². The van der Waals surface area contributed by atoms with Crippen LogP contribution < -0.4 is 0 Å². The molecule has 0 aliphatic rings. The van der Waals surface area contributed by atoms with Gasteiger partial charge in [0.1, 0.15) is 33.0 Å². The van der Waals surface area contributed by atoms with Gasteiger partial charge in [0.2, 0.25) is 0 Å². The van der Waals surface area contributed by atoms with Crippen LogP contribution >= 0.6 is 0 Å². The largest absolute Gasteiger partial charge is 0.460 e. The Hall–Kier alpha value is -3.48. The highest BCUT2D eigenvalue weighted by atomic mass is 17.3. The Morgan fingerprint density at radius 1 is 0.578 bits per heavy atom. The molecule has 0 saturated carbocycles. The van der Waals surface area contributed by atoms with Gasteiger partial charge in [-0.25, -0.2) is 24.1 Å². The maximum absolute atomic E-state index is 11.8. The second-order valence-electron chi connectivity index (χ2n) is 9.52. The molecule has 0 radical (unpaired) electrons. The number of hydrogen-bond acceptors (Lipinski definition) is 16. The molecule has 0 aliphatic carbocycles. The number of esters is 4. The van der Waals surface area contributed by atoms with E-state index in [0.717, 1.165) is 0 Å². The highest BCUT2D eigenvalue weighted by Gasteiger charge is 2.62. The first-order valence-corrected chi connectivity index (χ1v) is 13.5. The van der Waals surface area contributed by atoms with Crippen LogP contribution in [0.15, 0.2) is 48.6 Å². The van der Waals surface area contributed by atoms with E-state index in [9.17, 15) is 34.5 Å². The van der Waals surface area contributed by atoms with Crippen LogP contribution in [0.25, 0.3) is 0 Å². The quantitative estimate of drug-likeness (QED) is 0.0233. The van der Waals surface area contributed by atoms with E-state index in [0.29, 0.717) is 0 Å². The van der Waals surface area contributed by atoms with Crippen molar-refractivity contribution in [1.82, 2.24) is 0 Å². The van der Waals surface area contributed by atoms with Gasteiger partial charge in [0.25, 0.3) is 0 Å². The fourth-order valence-corrected chi connectivity index (χ4v) is 2.87. The van der Waals surface area contributed by atoms with E-state index in [2.05, 4.69) is 26.3 Å². The molecule has 0 amide bonds. The Morgan fingerprint density at radius 3 is 1.24 bits per heavy atom.